The predicted octanol–water partition coefficient (Wildman–Crippen LogP) is -2.12. The number of nitrogens with one attached hydrogen (secondary N) is 3. The van der Waals surface area contributed by atoms with Gasteiger partial charge in [-0.25, -0.2) is 4.79 Å². The summed E-state index contributed by atoms with van der Waals surface area (Å²) in [6, 6.07) is -5.19. The van der Waals surface area contributed by atoms with Gasteiger partial charge in [-0.1, -0.05) is 13.8 Å². The highest BCUT2D eigenvalue weighted by atomic mass is 16.4. The summed E-state index contributed by atoms with van der Waals surface area (Å²) in [5.74, 6) is -5.14. The molecule has 5 atom stereocenters. The van der Waals surface area contributed by atoms with Crippen molar-refractivity contribution in [1.82, 2.24) is 16.0 Å². The van der Waals surface area contributed by atoms with Crippen LogP contribution in [-0.4, -0.2) is 81.8 Å². The lowest BCUT2D eigenvalue weighted by molar-refractivity contribution is -0.145. The van der Waals surface area contributed by atoms with E-state index >= 15 is 0 Å². The maximum atomic E-state index is 12.9. The summed E-state index contributed by atoms with van der Waals surface area (Å²) in [6.07, 6.45) is -0.654. The van der Waals surface area contributed by atoms with Gasteiger partial charge in [0.25, 0.3) is 0 Å². The van der Waals surface area contributed by atoms with Crippen LogP contribution in [0, 0.1) is 5.92 Å². The van der Waals surface area contributed by atoms with E-state index in [1.54, 1.807) is 13.8 Å². The lowest BCUT2D eigenvalue weighted by Gasteiger charge is -2.26. The van der Waals surface area contributed by atoms with Gasteiger partial charge in [0.2, 0.25) is 17.7 Å². The Bertz CT molecular complexity index is 685. The number of carbonyl (C=O) groups excluding carboxylic acids is 3. The zero-order valence-electron chi connectivity index (χ0n) is 19.2. The zero-order valence-corrected chi connectivity index (χ0v) is 19.2. The van der Waals surface area contributed by atoms with Crippen LogP contribution in [0.2, 0.25) is 0 Å². The lowest BCUT2D eigenvalue weighted by Crippen LogP contribution is -2.58. The fraction of sp³-hybridized carbons (Fsp3) is 0.750. The molecule has 0 fully saturated rings. The van der Waals surface area contributed by atoms with Gasteiger partial charge in [-0.05, 0) is 45.1 Å². The van der Waals surface area contributed by atoms with Gasteiger partial charge in [0.05, 0.1) is 18.6 Å². The van der Waals surface area contributed by atoms with E-state index in [4.69, 9.17) is 16.6 Å². The molecule has 3 amide bonds. The molecule has 5 unspecified atom stereocenters. The molecule has 0 aromatic heterocycles. The van der Waals surface area contributed by atoms with E-state index in [9.17, 15) is 34.2 Å². The molecular weight excluding hydrogens is 438 g/mol. The number of nitrogens with two attached hydrogens (primary N) is 2. The lowest BCUT2D eigenvalue weighted by atomic mass is 10.0. The number of unbranched alkanes of at least 4 members (excludes halogenated alkanes) is 1. The van der Waals surface area contributed by atoms with Crippen molar-refractivity contribution in [2.24, 2.45) is 17.4 Å². The summed E-state index contributed by atoms with van der Waals surface area (Å²) in [7, 11) is 0. The topological polar surface area (TPSA) is 234 Å². The average Bonchev–Trinajstić information content (AvgIpc) is 2.68. The summed E-state index contributed by atoms with van der Waals surface area (Å²) in [4.78, 5) is 59.9. The summed E-state index contributed by atoms with van der Waals surface area (Å²) < 4.78 is 0. The molecule has 13 heteroatoms. The molecule has 33 heavy (non-hydrogen) atoms. The first-order chi connectivity index (χ1) is 15.3. The fourth-order valence-electron chi connectivity index (χ4n) is 2.94. The first-order valence-electron chi connectivity index (χ1n) is 10.8. The quantitative estimate of drug-likeness (QED) is 0.113. The van der Waals surface area contributed by atoms with Gasteiger partial charge in [0.1, 0.15) is 12.1 Å². The minimum atomic E-state index is -1.57. The van der Waals surface area contributed by atoms with E-state index in [-0.39, 0.29) is 18.8 Å². The smallest absolute Gasteiger partial charge is 0.328 e. The molecule has 0 rings (SSSR count). The number of amides is 3. The second kappa shape index (κ2) is 15.1. The van der Waals surface area contributed by atoms with Gasteiger partial charge in [-0.2, -0.15) is 0 Å². The van der Waals surface area contributed by atoms with Crippen LogP contribution in [0.5, 0.6) is 0 Å². The number of aliphatic carboxylic acids is 2. The van der Waals surface area contributed by atoms with Crippen LogP contribution in [0.15, 0.2) is 0 Å². The summed E-state index contributed by atoms with van der Waals surface area (Å²) >= 11 is 0. The summed E-state index contributed by atoms with van der Waals surface area (Å²) in [6.45, 7) is 5.15. The van der Waals surface area contributed by atoms with Crippen LogP contribution >= 0.6 is 0 Å². The van der Waals surface area contributed by atoms with E-state index in [1.165, 1.54) is 6.92 Å². The van der Waals surface area contributed by atoms with Gasteiger partial charge < -0.3 is 42.7 Å². The molecule has 0 heterocycles. The molecule has 0 aliphatic carbocycles. The first kappa shape index (κ1) is 30.2. The molecule has 0 aliphatic rings. The number of carboxylic acids is 2. The fourth-order valence-corrected chi connectivity index (χ4v) is 2.94. The van der Waals surface area contributed by atoms with Crippen molar-refractivity contribution >= 4 is 29.7 Å². The third kappa shape index (κ3) is 12.2. The Hall–Kier alpha value is -2.77. The first-order valence-corrected chi connectivity index (χ1v) is 10.8. The third-order valence-corrected chi connectivity index (χ3v) is 4.70. The number of carboxylic acid groups (broad SMARTS) is 2. The molecule has 0 saturated heterocycles. The minimum absolute atomic E-state index is 0.0647. The molecule has 0 aromatic carbocycles. The Labute approximate surface area is 192 Å². The van der Waals surface area contributed by atoms with E-state index in [0.29, 0.717) is 19.4 Å². The van der Waals surface area contributed by atoms with Crippen molar-refractivity contribution in [3.63, 3.8) is 0 Å². The Kier molecular flexibility index (Phi) is 13.9. The van der Waals surface area contributed by atoms with Crippen molar-refractivity contribution in [2.45, 2.75) is 83.1 Å². The minimum Gasteiger partial charge on any atom is -0.481 e. The van der Waals surface area contributed by atoms with E-state index in [1.807, 2.05) is 0 Å². The second-order valence-electron chi connectivity index (χ2n) is 8.31. The molecule has 0 aromatic rings. The maximum absolute atomic E-state index is 12.9. The van der Waals surface area contributed by atoms with E-state index < -0.39 is 66.4 Å². The standard InChI is InChI=1S/C20H37N5O8/c1-10(2)8-14(19(31)25-16(11(3)26)20(32)33)24-18(30)13(6-4-5-7-21)23-17(29)12(22)9-15(27)28/h10-14,16,26H,4-9,21-22H2,1-3H3,(H,23,29)(H,24,30)(H,25,31)(H,27,28)(H,32,33). The summed E-state index contributed by atoms with van der Waals surface area (Å²) in [5.41, 5.74) is 11.0. The molecule has 0 aliphatic heterocycles. The molecule has 0 bridgehead atoms. The van der Waals surface area contributed by atoms with E-state index in [2.05, 4.69) is 16.0 Å². The molecule has 10 N–H and O–H groups in total. The highest BCUT2D eigenvalue weighted by Gasteiger charge is 2.32. The van der Waals surface area contributed by atoms with Crippen LogP contribution in [0.1, 0.15) is 52.9 Å². The highest BCUT2D eigenvalue weighted by molar-refractivity contribution is 5.94. The molecule has 0 saturated carbocycles. The highest BCUT2D eigenvalue weighted by Crippen LogP contribution is 2.09. The maximum Gasteiger partial charge on any atom is 0.328 e. The van der Waals surface area contributed by atoms with Crippen molar-refractivity contribution in [3.05, 3.63) is 0 Å². The number of rotatable bonds is 16. The number of aliphatic hydroxyl groups is 1. The molecule has 13 nitrogen and oxygen atoms in total. The Morgan fingerprint density at radius 1 is 0.848 bits per heavy atom. The predicted molar refractivity (Wildman–Crippen MR) is 118 cm³/mol. The third-order valence-electron chi connectivity index (χ3n) is 4.70. The van der Waals surface area contributed by atoms with Gasteiger partial charge in [0.15, 0.2) is 6.04 Å². The molecule has 0 radical (unpaired) electrons. The molecular formula is C20H37N5O8. The number of hydrogen-bond acceptors (Lipinski definition) is 8. The van der Waals surface area contributed by atoms with Gasteiger partial charge in [-0.3, -0.25) is 19.2 Å². The Balaban J connectivity index is 5.51. The van der Waals surface area contributed by atoms with Crippen molar-refractivity contribution < 1.29 is 39.3 Å². The SMILES string of the molecule is CC(C)CC(NC(=O)C(CCCCN)NC(=O)C(N)CC(=O)O)C(=O)NC(C(=O)O)C(C)O. The molecule has 190 valence electrons. The zero-order chi connectivity index (χ0) is 25.7. The van der Waals surface area contributed by atoms with Crippen molar-refractivity contribution in [1.29, 1.82) is 0 Å². The molecule has 0 spiro atoms. The van der Waals surface area contributed by atoms with Gasteiger partial charge in [0, 0.05) is 0 Å². The number of aliphatic hydroxyl groups excluding tert-OH is 1. The summed E-state index contributed by atoms with van der Waals surface area (Å²) in [5, 5.41) is 34.7. The normalized spacial score (nSPS) is 15.6. The van der Waals surface area contributed by atoms with Crippen molar-refractivity contribution in [3.8, 4) is 0 Å². The average molecular weight is 476 g/mol. The van der Waals surface area contributed by atoms with Crippen LogP contribution < -0.4 is 27.4 Å². The Morgan fingerprint density at radius 3 is 1.85 bits per heavy atom. The van der Waals surface area contributed by atoms with Gasteiger partial charge in [-0.15, -0.1) is 0 Å². The van der Waals surface area contributed by atoms with E-state index in [0.717, 1.165) is 0 Å². The monoisotopic (exact) mass is 475 g/mol. The van der Waals surface area contributed by atoms with Crippen LogP contribution in [0.4, 0.5) is 0 Å². The van der Waals surface area contributed by atoms with Crippen LogP contribution in [0.25, 0.3) is 0 Å². The second-order valence-corrected chi connectivity index (χ2v) is 8.31. The Morgan fingerprint density at radius 2 is 1.39 bits per heavy atom. The van der Waals surface area contributed by atoms with Crippen LogP contribution in [-0.2, 0) is 24.0 Å². The van der Waals surface area contributed by atoms with Crippen LogP contribution in [0.3, 0.4) is 0 Å². The van der Waals surface area contributed by atoms with Gasteiger partial charge >= 0.3 is 11.9 Å². The number of hydrogen-bond donors (Lipinski definition) is 8. The number of carbonyl (C=O) groups is 5. The largest absolute Gasteiger partial charge is 0.481 e. The van der Waals surface area contributed by atoms with Crippen molar-refractivity contribution in [2.75, 3.05) is 6.54 Å².